The van der Waals surface area contributed by atoms with Crippen molar-refractivity contribution in [3.8, 4) is 0 Å². The van der Waals surface area contributed by atoms with Gasteiger partial charge in [0.25, 0.3) is 0 Å². The smallest absolute Gasteiger partial charge is 0.106 e. The number of hydrogen-bond acceptors (Lipinski definition) is 2. The highest BCUT2D eigenvalue weighted by atomic mass is 28.3. The van der Waals surface area contributed by atoms with Gasteiger partial charge in [-0.2, -0.15) is 0 Å². The molecule has 0 saturated heterocycles. The molecule has 0 fully saturated rings. The Kier molecular flexibility index (Phi) is 4.89. The van der Waals surface area contributed by atoms with Crippen LogP contribution < -0.4 is 0 Å². The first kappa shape index (κ1) is 12.9. The SMILES string of the molecule is C=CC(C)(CO)OCC[Si](C)(C)C. The first-order chi connectivity index (χ1) is 5.83. The summed E-state index contributed by atoms with van der Waals surface area (Å²) in [6.07, 6.45) is 1.66. The van der Waals surface area contributed by atoms with Crippen LogP contribution in [-0.2, 0) is 4.74 Å². The Morgan fingerprint density at radius 3 is 2.31 bits per heavy atom. The van der Waals surface area contributed by atoms with Gasteiger partial charge in [0.2, 0.25) is 0 Å². The summed E-state index contributed by atoms with van der Waals surface area (Å²) in [4.78, 5) is 0. The molecule has 0 aliphatic rings. The minimum atomic E-state index is -1.02. The summed E-state index contributed by atoms with van der Waals surface area (Å²) < 4.78 is 5.57. The van der Waals surface area contributed by atoms with Crippen molar-refractivity contribution in [1.29, 1.82) is 0 Å². The molecular weight excluding hydrogens is 180 g/mol. The van der Waals surface area contributed by atoms with Crippen LogP contribution in [-0.4, -0.2) is 32.0 Å². The van der Waals surface area contributed by atoms with Gasteiger partial charge in [0.15, 0.2) is 0 Å². The van der Waals surface area contributed by atoms with Crippen LogP contribution in [0, 0.1) is 0 Å². The van der Waals surface area contributed by atoms with Crippen molar-refractivity contribution in [2.45, 2.75) is 38.2 Å². The van der Waals surface area contributed by atoms with Gasteiger partial charge in [-0.25, -0.2) is 0 Å². The molecule has 0 aliphatic carbocycles. The fourth-order valence-electron chi connectivity index (χ4n) is 0.759. The highest BCUT2D eigenvalue weighted by Crippen LogP contribution is 2.14. The molecule has 2 nitrogen and oxygen atoms in total. The van der Waals surface area contributed by atoms with Gasteiger partial charge in [-0.05, 0) is 13.0 Å². The molecule has 0 radical (unpaired) electrons. The van der Waals surface area contributed by atoms with Crippen LogP contribution in [0.3, 0.4) is 0 Å². The van der Waals surface area contributed by atoms with Crippen molar-refractivity contribution < 1.29 is 9.84 Å². The van der Waals surface area contributed by atoms with E-state index in [1.54, 1.807) is 6.08 Å². The third-order valence-electron chi connectivity index (χ3n) is 2.03. The van der Waals surface area contributed by atoms with E-state index in [4.69, 9.17) is 9.84 Å². The van der Waals surface area contributed by atoms with Crippen LogP contribution in [0.2, 0.25) is 25.7 Å². The number of hydrogen-bond donors (Lipinski definition) is 1. The van der Waals surface area contributed by atoms with Crippen molar-refractivity contribution in [1.82, 2.24) is 0 Å². The Bertz CT molecular complexity index is 163. The number of rotatable bonds is 6. The summed E-state index contributed by atoms with van der Waals surface area (Å²) in [5.74, 6) is 0. The Morgan fingerprint density at radius 1 is 1.46 bits per heavy atom. The highest BCUT2D eigenvalue weighted by molar-refractivity contribution is 6.76. The van der Waals surface area contributed by atoms with E-state index in [9.17, 15) is 0 Å². The van der Waals surface area contributed by atoms with Gasteiger partial charge >= 0.3 is 0 Å². The highest BCUT2D eigenvalue weighted by Gasteiger charge is 2.21. The fraction of sp³-hybridized carbons (Fsp3) is 0.800. The zero-order valence-corrected chi connectivity index (χ0v) is 10.3. The van der Waals surface area contributed by atoms with Crippen molar-refractivity contribution in [2.24, 2.45) is 0 Å². The second-order valence-electron chi connectivity index (χ2n) is 4.83. The Morgan fingerprint density at radius 2 is 2.00 bits per heavy atom. The number of aliphatic hydroxyl groups excluding tert-OH is 1. The lowest BCUT2D eigenvalue weighted by atomic mass is 10.1. The van der Waals surface area contributed by atoms with Gasteiger partial charge in [-0.1, -0.05) is 25.7 Å². The average molecular weight is 202 g/mol. The molecule has 1 atom stereocenters. The fourth-order valence-corrected chi connectivity index (χ4v) is 1.47. The van der Waals surface area contributed by atoms with Crippen molar-refractivity contribution in [3.63, 3.8) is 0 Å². The molecule has 0 heterocycles. The van der Waals surface area contributed by atoms with Crippen molar-refractivity contribution in [3.05, 3.63) is 12.7 Å². The van der Waals surface area contributed by atoms with Crippen LogP contribution in [0.5, 0.6) is 0 Å². The lowest BCUT2D eigenvalue weighted by Crippen LogP contribution is -2.33. The van der Waals surface area contributed by atoms with Gasteiger partial charge in [0, 0.05) is 14.7 Å². The summed E-state index contributed by atoms with van der Waals surface area (Å²) in [7, 11) is -1.02. The quantitative estimate of drug-likeness (QED) is 0.529. The standard InChI is InChI=1S/C10H22O2Si/c1-6-10(2,9-11)12-7-8-13(3,4)5/h6,11H,1,7-9H2,2-5H3. The van der Waals surface area contributed by atoms with Gasteiger partial charge < -0.3 is 9.84 Å². The molecule has 1 unspecified atom stereocenters. The third-order valence-corrected chi connectivity index (χ3v) is 3.73. The van der Waals surface area contributed by atoms with Gasteiger partial charge in [0.05, 0.1) is 6.61 Å². The van der Waals surface area contributed by atoms with E-state index >= 15 is 0 Å². The molecule has 0 aliphatic heterocycles. The Labute approximate surface area is 82.6 Å². The number of aliphatic hydroxyl groups is 1. The third kappa shape index (κ3) is 6.02. The average Bonchev–Trinajstić information content (AvgIpc) is 2.02. The van der Waals surface area contributed by atoms with Crippen LogP contribution in [0.1, 0.15) is 6.92 Å². The molecule has 0 aromatic rings. The maximum absolute atomic E-state index is 9.03. The summed E-state index contributed by atoms with van der Waals surface area (Å²) >= 11 is 0. The van der Waals surface area contributed by atoms with Crippen LogP contribution in [0.4, 0.5) is 0 Å². The van der Waals surface area contributed by atoms with Gasteiger partial charge in [0.1, 0.15) is 5.60 Å². The van der Waals surface area contributed by atoms with Crippen molar-refractivity contribution in [2.75, 3.05) is 13.2 Å². The summed E-state index contributed by atoms with van der Waals surface area (Å²) in [6.45, 7) is 13.1. The lowest BCUT2D eigenvalue weighted by molar-refractivity contribution is -0.0260. The first-order valence-electron chi connectivity index (χ1n) is 4.71. The van der Waals surface area contributed by atoms with Gasteiger partial charge in [-0.15, -0.1) is 6.58 Å². The van der Waals surface area contributed by atoms with E-state index in [2.05, 4.69) is 26.2 Å². The molecule has 0 bridgehead atoms. The molecular formula is C10H22O2Si. The van der Waals surface area contributed by atoms with Crippen LogP contribution in [0.25, 0.3) is 0 Å². The monoisotopic (exact) mass is 202 g/mol. The zero-order chi connectivity index (χ0) is 10.5. The lowest BCUT2D eigenvalue weighted by Gasteiger charge is -2.25. The predicted molar refractivity (Wildman–Crippen MR) is 59.8 cm³/mol. The second kappa shape index (κ2) is 4.93. The maximum Gasteiger partial charge on any atom is 0.106 e. The summed E-state index contributed by atoms with van der Waals surface area (Å²) in [5, 5.41) is 9.03. The topological polar surface area (TPSA) is 29.5 Å². The number of ether oxygens (including phenoxy) is 1. The van der Waals surface area contributed by atoms with E-state index in [1.807, 2.05) is 6.92 Å². The molecule has 0 amide bonds. The summed E-state index contributed by atoms with van der Waals surface area (Å²) in [6, 6.07) is 1.12. The van der Waals surface area contributed by atoms with E-state index in [0.717, 1.165) is 12.7 Å². The van der Waals surface area contributed by atoms with Crippen LogP contribution in [0.15, 0.2) is 12.7 Å². The van der Waals surface area contributed by atoms with Crippen LogP contribution >= 0.6 is 0 Å². The largest absolute Gasteiger partial charge is 0.393 e. The van der Waals surface area contributed by atoms with E-state index < -0.39 is 13.7 Å². The molecule has 13 heavy (non-hydrogen) atoms. The maximum atomic E-state index is 9.03. The molecule has 0 aromatic heterocycles. The van der Waals surface area contributed by atoms with Gasteiger partial charge in [-0.3, -0.25) is 0 Å². The zero-order valence-electron chi connectivity index (χ0n) is 9.26. The first-order valence-corrected chi connectivity index (χ1v) is 8.42. The summed E-state index contributed by atoms with van der Waals surface area (Å²) in [5.41, 5.74) is -0.556. The van der Waals surface area contributed by atoms with E-state index in [-0.39, 0.29) is 6.61 Å². The van der Waals surface area contributed by atoms with E-state index in [1.165, 1.54) is 0 Å². The minimum Gasteiger partial charge on any atom is -0.393 e. The molecule has 1 N–H and O–H groups in total. The molecule has 0 spiro atoms. The molecule has 0 aromatic carbocycles. The Balaban J connectivity index is 3.81. The molecule has 78 valence electrons. The Hall–Kier alpha value is -0.123. The van der Waals surface area contributed by atoms with E-state index in [0.29, 0.717) is 0 Å². The molecule has 3 heteroatoms. The minimum absolute atomic E-state index is 0.00218. The second-order valence-corrected chi connectivity index (χ2v) is 10.5. The predicted octanol–water partition coefficient (Wildman–Crippen LogP) is 2.28. The van der Waals surface area contributed by atoms with Crippen molar-refractivity contribution >= 4 is 8.07 Å². The molecule has 0 saturated carbocycles. The molecule has 0 rings (SSSR count). The normalized spacial score (nSPS) is 16.7.